The second kappa shape index (κ2) is 6.70. The Morgan fingerprint density at radius 1 is 1.04 bits per heavy atom. The third-order valence-electron chi connectivity index (χ3n) is 2.63. The molecular weight excluding hydrogens is 380 g/mol. The fourth-order valence-electron chi connectivity index (χ4n) is 1.69. The molecule has 0 amide bonds. The number of nitrogens with two attached hydrogens (primary N) is 1. The van der Waals surface area contributed by atoms with E-state index in [2.05, 4.69) is 4.72 Å². The van der Waals surface area contributed by atoms with Crippen molar-refractivity contribution in [2.45, 2.75) is 14.7 Å². The van der Waals surface area contributed by atoms with E-state index in [1.165, 1.54) is 18.2 Å². The molecule has 2 aromatic carbocycles. The second-order valence-corrected chi connectivity index (χ2v) is 9.41. The van der Waals surface area contributed by atoms with E-state index >= 15 is 0 Å². The highest BCUT2D eigenvalue weighted by Crippen LogP contribution is 2.38. The van der Waals surface area contributed by atoms with Crippen LogP contribution in [0.5, 0.6) is 0 Å². The van der Waals surface area contributed by atoms with E-state index in [1.54, 1.807) is 24.3 Å². The predicted molar refractivity (Wildman–Crippen MR) is 91.9 cm³/mol. The monoisotopic (exact) mass is 392 g/mol. The third-order valence-corrected chi connectivity index (χ3v) is 5.71. The molecule has 0 saturated heterocycles. The molecule has 0 unspecified atom stereocenters. The molecule has 0 atom stereocenters. The van der Waals surface area contributed by atoms with Crippen molar-refractivity contribution in [1.82, 2.24) is 0 Å². The molecule has 124 valence electrons. The molecule has 0 aliphatic heterocycles. The first-order valence-electron chi connectivity index (χ1n) is 6.13. The molecule has 0 saturated carbocycles. The van der Waals surface area contributed by atoms with Crippen LogP contribution >= 0.6 is 23.4 Å². The number of nitrogens with one attached hydrogen (secondary N) is 1. The van der Waals surface area contributed by atoms with Gasteiger partial charge in [0.1, 0.15) is 0 Å². The molecule has 0 fully saturated rings. The molecule has 0 bridgehead atoms. The van der Waals surface area contributed by atoms with Crippen LogP contribution in [-0.2, 0) is 20.0 Å². The number of halogens is 1. The second-order valence-electron chi connectivity index (χ2n) is 4.61. The molecule has 0 aromatic heterocycles. The van der Waals surface area contributed by atoms with Crippen LogP contribution < -0.4 is 9.86 Å². The Morgan fingerprint density at radius 3 is 2.26 bits per heavy atom. The van der Waals surface area contributed by atoms with E-state index in [0.29, 0.717) is 14.8 Å². The van der Waals surface area contributed by atoms with Gasteiger partial charge in [-0.3, -0.25) is 4.72 Å². The van der Waals surface area contributed by atoms with Crippen LogP contribution in [0.25, 0.3) is 0 Å². The van der Waals surface area contributed by atoms with Crippen LogP contribution in [0.2, 0.25) is 5.02 Å². The highest BCUT2D eigenvalue weighted by atomic mass is 35.5. The summed E-state index contributed by atoms with van der Waals surface area (Å²) in [5, 5.41) is 5.59. The molecule has 0 radical (unpaired) electrons. The van der Waals surface area contributed by atoms with Crippen LogP contribution in [0, 0.1) is 0 Å². The first-order chi connectivity index (χ1) is 10.6. The van der Waals surface area contributed by atoms with Gasteiger partial charge in [0, 0.05) is 9.79 Å². The van der Waals surface area contributed by atoms with Gasteiger partial charge in [-0.2, -0.15) is 0 Å². The molecule has 6 nitrogen and oxygen atoms in total. The molecule has 2 aromatic rings. The molecule has 10 heteroatoms. The first kappa shape index (κ1) is 18.1. The Morgan fingerprint density at radius 2 is 1.70 bits per heavy atom. The summed E-state index contributed by atoms with van der Waals surface area (Å²) in [5.74, 6) is 0. The van der Waals surface area contributed by atoms with Crippen molar-refractivity contribution in [2.75, 3.05) is 11.0 Å². The maximum absolute atomic E-state index is 11.5. The minimum absolute atomic E-state index is 0.119. The number of hydrogen-bond acceptors (Lipinski definition) is 5. The van der Waals surface area contributed by atoms with Crippen molar-refractivity contribution in [3.8, 4) is 0 Å². The van der Waals surface area contributed by atoms with Crippen molar-refractivity contribution in [3.63, 3.8) is 0 Å². The maximum atomic E-state index is 11.5. The van der Waals surface area contributed by atoms with E-state index < -0.39 is 20.0 Å². The summed E-state index contributed by atoms with van der Waals surface area (Å²) in [4.78, 5) is 0.901. The lowest BCUT2D eigenvalue weighted by Gasteiger charge is -2.12. The van der Waals surface area contributed by atoms with E-state index in [9.17, 15) is 16.8 Å². The van der Waals surface area contributed by atoms with Gasteiger partial charge in [0.05, 0.1) is 21.9 Å². The Balaban J connectivity index is 2.54. The van der Waals surface area contributed by atoms with Crippen molar-refractivity contribution >= 4 is 49.1 Å². The molecule has 0 heterocycles. The van der Waals surface area contributed by atoms with E-state index in [-0.39, 0.29) is 10.6 Å². The smallest absolute Gasteiger partial charge is 0.238 e. The standard InChI is InChI=1S/C13H13ClN2O4S3/c1-22(17,18)16-11-7-6-9(23(15,19)20)8-13(11)21-12-5-3-2-4-10(12)14/h2-8,16H,1H3,(H2,15,19,20). The fraction of sp³-hybridized carbons (Fsp3) is 0.0769. The summed E-state index contributed by atoms with van der Waals surface area (Å²) in [5.41, 5.74) is 0.241. The quantitative estimate of drug-likeness (QED) is 0.813. The Bertz CT molecular complexity index is 943. The lowest BCUT2D eigenvalue weighted by molar-refractivity contribution is 0.597. The molecule has 0 spiro atoms. The lowest BCUT2D eigenvalue weighted by Crippen LogP contribution is -2.14. The van der Waals surface area contributed by atoms with Crippen molar-refractivity contribution in [1.29, 1.82) is 0 Å². The highest BCUT2D eigenvalue weighted by molar-refractivity contribution is 7.99. The van der Waals surface area contributed by atoms with Gasteiger partial charge >= 0.3 is 0 Å². The van der Waals surface area contributed by atoms with Crippen LogP contribution in [0.15, 0.2) is 57.2 Å². The normalized spacial score (nSPS) is 12.1. The van der Waals surface area contributed by atoms with Gasteiger partial charge < -0.3 is 0 Å². The van der Waals surface area contributed by atoms with Gasteiger partial charge in [-0.15, -0.1) is 0 Å². The number of anilines is 1. The van der Waals surface area contributed by atoms with Crippen molar-refractivity contribution in [3.05, 3.63) is 47.5 Å². The summed E-state index contributed by atoms with van der Waals surface area (Å²) < 4.78 is 48.3. The zero-order valence-corrected chi connectivity index (χ0v) is 15.1. The summed E-state index contributed by atoms with van der Waals surface area (Å²) in [7, 11) is -7.44. The summed E-state index contributed by atoms with van der Waals surface area (Å²) >= 11 is 7.22. The Labute approximate surface area is 144 Å². The summed E-state index contributed by atoms with van der Waals surface area (Å²) in [6, 6.07) is 10.8. The summed E-state index contributed by atoms with van der Waals surface area (Å²) in [6.07, 6.45) is 1.00. The lowest BCUT2D eigenvalue weighted by atomic mass is 10.3. The zero-order chi connectivity index (χ0) is 17.3. The van der Waals surface area contributed by atoms with Gasteiger partial charge in [0.15, 0.2) is 0 Å². The Hall–Kier alpha value is -1.26. The molecule has 0 aliphatic rings. The molecule has 0 aliphatic carbocycles. The van der Waals surface area contributed by atoms with Crippen molar-refractivity contribution < 1.29 is 16.8 Å². The number of primary sulfonamides is 1. The van der Waals surface area contributed by atoms with Gasteiger partial charge in [-0.25, -0.2) is 22.0 Å². The average Bonchev–Trinajstić information content (AvgIpc) is 2.40. The topological polar surface area (TPSA) is 106 Å². The largest absolute Gasteiger partial charge is 0.283 e. The molecule has 3 N–H and O–H groups in total. The zero-order valence-electron chi connectivity index (χ0n) is 11.9. The number of benzene rings is 2. The van der Waals surface area contributed by atoms with Gasteiger partial charge in [-0.05, 0) is 30.3 Å². The maximum Gasteiger partial charge on any atom is 0.238 e. The third kappa shape index (κ3) is 5.11. The van der Waals surface area contributed by atoms with Crippen LogP contribution in [0.4, 0.5) is 5.69 Å². The molecular formula is C13H13ClN2O4S3. The fourth-order valence-corrected chi connectivity index (χ4v) is 4.17. The average molecular weight is 393 g/mol. The van der Waals surface area contributed by atoms with E-state index in [1.807, 2.05) is 0 Å². The highest BCUT2D eigenvalue weighted by Gasteiger charge is 2.15. The molecule has 2 rings (SSSR count). The Kier molecular flexibility index (Phi) is 5.27. The van der Waals surface area contributed by atoms with Gasteiger partial charge in [0.2, 0.25) is 20.0 Å². The van der Waals surface area contributed by atoms with E-state index in [4.69, 9.17) is 16.7 Å². The van der Waals surface area contributed by atoms with Gasteiger partial charge in [-0.1, -0.05) is 35.5 Å². The molecule has 23 heavy (non-hydrogen) atoms. The predicted octanol–water partition coefficient (Wildman–Crippen LogP) is 2.51. The number of hydrogen-bond donors (Lipinski definition) is 2. The number of rotatable bonds is 5. The van der Waals surface area contributed by atoms with Crippen LogP contribution in [-0.4, -0.2) is 23.1 Å². The summed E-state index contributed by atoms with van der Waals surface area (Å²) in [6.45, 7) is 0. The van der Waals surface area contributed by atoms with Crippen LogP contribution in [0.3, 0.4) is 0 Å². The van der Waals surface area contributed by atoms with E-state index in [0.717, 1.165) is 18.0 Å². The SMILES string of the molecule is CS(=O)(=O)Nc1ccc(S(N)(=O)=O)cc1Sc1ccccc1Cl. The minimum atomic E-state index is -3.91. The first-order valence-corrected chi connectivity index (χ1v) is 10.8. The van der Waals surface area contributed by atoms with Crippen molar-refractivity contribution in [2.24, 2.45) is 5.14 Å². The van der Waals surface area contributed by atoms with Crippen LogP contribution in [0.1, 0.15) is 0 Å². The minimum Gasteiger partial charge on any atom is -0.283 e. The number of sulfonamides is 2. The van der Waals surface area contributed by atoms with Gasteiger partial charge in [0.25, 0.3) is 0 Å².